The smallest absolute Gasteiger partial charge is 0.174 e. The van der Waals surface area contributed by atoms with Crippen LogP contribution < -0.4 is 9.47 Å². The molecule has 19 heavy (non-hydrogen) atoms. The van der Waals surface area contributed by atoms with Crippen molar-refractivity contribution in [1.29, 1.82) is 5.26 Å². The van der Waals surface area contributed by atoms with Gasteiger partial charge in [0.05, 0.1) is 7.11 Å². The monoisotopic (exact) mass is 279 g/mol. The minimum absolute atomic E-state index is 0.00443. The quantitative estimate of drug-likeness (QED) is 0.742. The van der Waals surface area contributed by atoms with E-state index in [1.807, 2.05) is 24.3 Å². The number of methoxy groups -OCH3 is 1. The molecule has 0 aliphatic rings. The summed E-state index contributed by atoms with van der Waals surface area (Å²) in [5, 5.41) is 8.52. The Morgan fingerprint density at radius 2 is 2.16 bits per heavy atom. The number of halogens is 1. The number of hydrogen-bond donors (Lipinski definition) is 0. The highest BCUT2D eigenvalue weighted by molar-refractivity contribution is 6.19. The number of alkyl halides is 1. The summed E-state index contributed by atoms with van der Waals surface area (Å²) in [4.78, 5) is 0. The van der Waals surface area contributed by atoms with Gasteiger partial charge in [-0.1, -0.05) is 31.6 Å². The highest BCUT2D eigenvalue weighted by atomic mass is 35.5. The Kier molecular flexibility index (Phi) is 6.24. The standard InChI is InChI=1S/C15H18ClNO2/c1-11(2)13(10-16)8-12-4-5-14(19-7-6-17)15(9-12)18-3/h4-5,8-9,11H,7,10H2,1-3H3. The van der Waals surface area contributed by atoms with Crippen molar-refractivity contribution < 1.29 is 9.47 Å². The lowest BCUT2D eigenvalue weighted by Gasteiger charge is -2.11. The van der Waals surface area contributed by atoms with Gasteiger partial charge in [-0.2, -0.15) is 5.26 Å². The van der Waals surface area contributed by atoms with Crippen LogP contribution in [0.1, 0.15) is 19.4 Å². The van der Waals surface area contributed by atoms with Crippen molar-refractivity contribution in [1.82, 2.24) is 0 Å². The number of nitriles is 1. The number of nitrogens with zero attached hydrogens (tertiary/aromatic N) is 1. The zero-order valence-corrected chi connectivity index (χ0v) is 12.2. The predicted molar refractivity (Wildman–Crippen MR) is 77.6 cm³/mol. The Morgan fingerprint density at radius 3 is 2.68 bits per heavy atom. The van der Waals surface area contributed by atoms with Crippen molar-refractivity contribution in [2.75, 3.05) is 19.6 Å². The molecule has 0 spiro atoms. The molecule has 0 aliphatic heterocycles. The van der Waals surface area contributed by atoms with Gasteiger partial charge in [-0.3, -0.25) is 0 Å². The third-order valence-corrected chi connectivity index (χ3v) is 3.04. The van der Waals surface area contributed by atoms with Gasteiger partial charge >= 0.3 is 0 Å². The van der Waals surface area contributed by atoms with Crippen molar-refractivity contribution in [3.8, 4) is 17.6 Å². The molecule has 4 heteroatoms. The fourth-order valence-electron chi connectivity index (χ4n) is 1.58. The fourth-order valence-corrected chi connectivity index (χ4v) is 1.96. The number of benzene rings is 1. The van der Waals surface area contributed by atoms with E-state index in [2.05, 4.69) is 13.8 Å². The summed E-state index contributed by atoms with van der Waals surface area (Å²) < 4.78 is 10.5. The summed E-state index contributed by atoms with van der Waals surface area (Å²) in [7, 11) is 1.58. The largest absolute Gasteiger partial charge is 0.493 e. The van der Waals surface area contributed by atoms with Crippen LogP contribution >= 0.6 is 11.6 Å². The van der Waals surface area contributed by atoms with Crippen molar-refractivity contribution in [3.05, 3.63) is 29.3 Å². The van der Waals surface area contributed by atoms with E-state index in [1.54, 1.807) is 13.2 Å². The first-order valence-corrected chi connectivity index (χ1v) is 6.60. The van der Waals surface area contributed by atoms with Crippen LogP contribution in [0.5, 0.6) is 11.5 Å². The lowest BCUT2D eigenvalue weighted by Crippen LogP contribution is -1.98. The summed E-state index contributed by atoms with van der Waals surface area (Å²) in [6.45, 7) is 4.22. The van der Waals surface area contributed by atoms with Crippen LogP contribution in [0.15, 0.2) is 23.8 Å². The molecule has 0 saturated carbocycles. The Morgan fingerprint density at radius 1 is 1.42 bits per heavy atom. The van der Waals surface area contributed by atoms with Gasteiger partial charge in [0.2, 0.25) is 0 Å². The van der Waals surface area contributed by atoms with E-state index in [-0.39, 0.29) is 6.61 Å². The van der Waals surface area contributed by atoms with Crippen LogP contribution in [0, 0.1) is 17.2 Å². The maximum absolute atomic E-state index is 8.52. The SMILES string of the molecule is COc1cc(C=C(CCl)C(C)C)ccc1OCC#N. The Balaban J connectivity index is 3.03. The van der Waals surface area contributed by atoms with E-state index in [9.17, 15) is 0 Å². The Labute approximate surface area is 119 Å². The number of ether oxygens (including phenoxy) is 2. The first kappa shape index (κ1) is 15.4. The highest BCUT2D eigenvalue weighted by Gasteiger charge is 2.07. The summed E-state index contributed by atoms with van der Waals surface area (Å²) >= 11 is 5.93. The fraction of sp³-hybridized carbons (Fsp3) is 0.400. The number of hydrogen-bond acceptors (Lipinski definition) is 3. The molecule has 0 N–H and O–H groups in total. The highest BCUT2D eigenvalue weighted by Crippen LogP contribution is 2.29. The predicted octanol–water partition coefficient (Wildman–Crippen LogP) is 3.88. The zero-order valence-electron chi connectivity index (χ0n) is 11.4. The molecule has 0 aliphatic carbocycles. The normalized spacial score (nSPS) is 11.3. The molecule has 0 radical (unpaired) electrons. The van der Waals surface area contributed by atoms with Crippen molar-refractivity contribution >= 4 is 17.7 Å². The molecule has 0 aromatic heterocycles. The van der Waals surface area contributed by atoms with Gasteiger partial charge in [0.15, 0.2) is 18.1 Å². The Hall–Kier alpha value is -1.66. The van der Waals surface area contributed by atoms with Gasteiger partial charge in [0, 0.05) is 5.88 Å². The minimum Gasteiger partial charge on any atom is -0.493 e. The Bertz CT molecular complexity index is 489. The first-order chi connectivity index (χ1) is 9.12. The summed E-state index contributed by atoms with van der Waals surface area (Å²) in [5.74, 6) is 2.09. The van der Waals surface area contributed by atoms with Gasteiger partial charge in [0.1, 0.15) is 6.07 Å². The third-order valence-electron chi connectivity index (χ3n) is 2.73. The molecular weight excluding hydrogens is 262 g/mol. The molecule has 102 valence electrons. The molecule has 1 aromatic rings. The van der Waals surface area contributed by atoms with Crippen molar-refractivity contribution in [2.45, 2.75) is 13.8 Å². The summed E-state index contributed by atoms with van der Waals surface area (Å²) in [5.41, 5.74) is 2.17. The second-order valence-corrected chi connectivity index (χ2v) is 4.63. The van der Waals surface area contributed by atoms with Crippen LogP contribution in [0.3, 0.4) is 0 Å². The van der Waals surface area contributed by atoms with E-state index >= 15 is 0 Å². The average Bonchev–Trinajstić information content (AvgIpc) is 2.42. The third kappa shape index (κ3) is 4.50. The summed E-state index contributed by atoms with van der Waals surface area (Å²) in [6.07, 6.45) is 2.05. The molecule has 1 rings (SSSR count). The first-order valence-electron chi connectivity index (χ1n) is 6.06. The maximum Gasteiger partial charge on any atom is 0.174 e. The van der Waals surface area contributed by atoms with Crippen LogP contribution in [0.2, 0.25) is 0 Å². The van der Waals surface area contributed by atoms with Gasteiger partial charge in [-0.25, -0.2) is 0 Å². The molecule has 0 saturated heterocycles. The maximum atomic E-state index is 8.52. The second kappa shape index (κ2) is 7.70. The topological polar surface area (TPSA) is 42.2 Å². The molecule has 0 bridgehead atoms. The van der Waals surface area contributed by atoms with Gasteiger partial charge in [0.25, 0.3) is 0 Å². The average molecular weight is 280 g/mol. The number of rotatable bonds is 6. The number of allylic oxidation sites excluding steroid dienone is 1. The van der Waals surface area contributed by atoms with Crippen LogP contribution in [0.25, 0.3) is 6.08 Å². The van der Waals surface area contributed by atoms with Crippen molar-refractivity contribution in [2.24, 2.45) is 5.92 Å². The molecule has 0 amide bonds. The lowest BCUT2D eigenvalue weighted by molar-refractivity contribution is 0.329. The van der Waals surface area contributed by atoms with Crippen LogP contribution in [0.4, 0.5) is 0 Å². The molecule has 0 heterocycles. The molecule has 0 fully saturated rings. The second-order valence-electron chi connectivity index (χ2n) is 4.36. The van der Waals surface area contributed by atoms with Crippen molar-refractivity contribution in [3.63, 3.8) is 0 Å². The van der Waals surface area contributed by atoms with E-state index in [4.69, 9.17) is 26.3 Å². The zero-order chi connectivity index (χ0) is 14.3. The summed E-state index contributed by atoms with van der Waals surface area (Å²) in [6, 6.07) is 7.53. The van der Waals surface area contributed by atoms with Gasteiger partial charge in [-0.15, -0.1) is 11.6 Å². The van der Waals surface area contributed by atoms with Crippen LogP contribution in [-0.2, 0) is 0 Å². The molecule has 3 nitrogen and oxygen atoms in total. The molecular formula is C15H18ClNO2. The molecule has 0 unspecified atom stereocenters. The van der Waals surface area contributed by atoms with E-state index in [0.717, 1.165) is 11.1 Å². The lowest BCUT2D eigenvalue weighted by atomic mass is 10.0. The molecule has 1 aromatic carbocycles. The van der Waals surface area contributed by atoms with E-state index in [0.29, 0.717) is 23.3 Å². The van der Waals surface area contributed by atoms with E-state index < -0.39 is 0 Å². The molecule has 0 atom stereocenters. The minimum atomic E-state index is 0.00443. The van der Waals surface area contributed by atoms with Gasteiger partial charge < -0.3 is 9.47 Å². The van der Waals surface area contributed by atoms with Gasteiger partial charge in [-0.05, 0) is 23.6 Å². The van der Waals surface area contributed by atoms with E-state index in [1.165, 1.54) is 0 Å². The van der Waals surface area contributed by atoms with Crippen LogP contribution in [-0.4, -0.2) is 19.6 Å².